The number of rotatable bonds is 3. The second-order valence-corrected chi connectivity index (χ2v) is 4.19. The van der Waals surface area contributed by atoms with Crippen molar-refractivity contribution >= 4 is 28.6 Å². The minimum atomic E-state index is -4.79. The van der Waals surface area contributed by atoms with Crippen LogP contribution in [0.25, 0.3) is 0 Å². The molecule has 1 rings (SSSR count). The fourth-order valence-electron chi connectivity index (χ4n) is 1.15. The Labute approximate surface area is 109 Å². The molecule has 1 aromatic rings. The van der Waals surface area contributed by atoms with E-state index in [9.17, 15) is 18.0 Å². The van der Waals surface area contributed by atoms with Crippen molar-refractivity contribution in [1.29, 1.82) is 0 Å². The van der Waals surface area contributed by atoms with Crippen molar-refractivity contribution in [3.05, 3.63) is 27.3 Å². The van der Waals surface area contributed by atoms with Gasteiger partial charge in [-0.25, -0.2) is 0 Å². The van der Waals surface area contributed by atoms with Crippen LogP contribution in [0.3, 0.4) is 0 Å². The van der Waals surface area contributed by atoms with E-state index in [4.69, 9.17) is 0 Å². The number of esters is 1. The lowest BCUT2D eigenvalue weighted by molar-refractivity contribution is -0.275. The maximum absolute atomic E-state index is 12.2. The predicted molar refractivity (Wildman–Crippen MR) is 61.6 cm³/mol. The molecule has 3 nitrogen and oxygen atoms in total. The van der Waals surface area contributed by atoms with Gasteiger partial charge in [-0.15, -0.1) is 13.2 Å². The SMILES string of the molecule is COC(=O)Cc1cccc(I)c1OC(F)(F)F. The quantitative estimate of drug-likeness (QED) is 0.614. The third-order valence-electron chi connectivity index (χ3n) is 1.83. The molecule has 0 saturated carbocycles. The summed E-state index contributed by atoms with van der Waals surface area (Å²) in [5.41, 5.74) is 0.140. The number of ether oxygens (including phenoxy) is 2. The Morgan fingerprint density at radius 1 is 1.41 bits per heavy atom. The number of methoxy groups -OCH3 is 1. The summed E-state index contributed by atoms with van der Waals surface area (Å²) in [6.07, 6.45) is -5.05. The summed E-state index contributed by atoms with van der Waals surface area (Å²) in [6.45, 7) is 0. The van der Waals surface area contributed by atoms with Crippen LogP contribution in [0, 0.1) is 3.57 Å². The van der Waals surface area contributed by atoms with Gasteiger partial charge in [0, 0.05) is 5.56 Å². The van der Waals surface area contributed by atoms with E-state index >= 15 is 0 Å². The predicted octanol–water partition coefficient (Wildman–Crippen LogP) is 2.91. The van der Waals surface area contributed by atoms with E-state index in [1.165, 1.54) is 19.2 Å². The third-order valence-corrected chi connectivity index (χ3v) is 2.68. The van der Waals surface area contributed by atoms with Gasteiger partial charge in [0.1, 0.15) is 5.75 Å². The van der Waals surface area contributed by atoms with Crippen molar-refractivity contribution in [3.63, 3.8) is 0 Å². The number of alkyl halides is 3. The van der Waals surface area contributed by atoms with E-state index in [-0.39, 0.29) is 21.3 Å². The molecule has 0 amide bonds. The maximum atomic E-state index is 12.2. The van der Waals surface area contributed by atoms with E-state index < -0.39 is 12.3 Å². The number of hydrogen-bond acceptors (Lipinski definition) is 3. The van der Waals surface area contributed by atoms with Gasteiger partial charge in [-0.1, -0.05) is 12.1 Å². The van der Waals surface area contributed by atoms with Crippen molar-refractivity contribution in [2.24, 2.45) is 0 Å². The van der Waals surface area contributed by atoms with E-state index in [0.717, 1.165) is 0 Å². The number of halogens is 4. The Bertz CT molecular complexity index is 418. The lowest BCUT2D eigenvalue weighted by atomic mass is 10.1. The van der Waals surface area contributed by atoms with Crippen LogP contribution in [0.4, 0.5) is 13.2 Å². The molecular weight excluding hydrogens is 352 g/mol. The molecule has 0 atom stereocenters. The Balaban J connectivity index is 3.04. The van der Waals surface area contributed by atoms with Gasteiger partial charge < -0.3 is 9.47 Å². The molecule has 0 unspecified atom stereocenters. The van der Waals surface area contributed by atoms with Gasteiger partial charge in [0.2, 0.25) is 0 Å². The topological polar surface area (TPSA) is 35.5 Å². The van der Waals surface area contributed by atoms with Crippen molar-refractivity contribution in [2.75, 3.05) is 7.11 Å². The zero-order valence-corrected chi connectivity index (χ0v) is 10.8. The van der Waals surface area contributed by atoms with Crippen LogP contribution in [0.2, 0.25) is 0 Å². The first kappa shape index (κ1) is 14.1. The number of carbonyl (C=O) groups is 1. The van der Waals surface area contributed by atoms with Gasteiger partial charge >= 0.3 is 12.3 Å². The first-order valence-corrected chi connectivity index (χ1v) is 5.51. The van der Waals surface area contributed by atoms with Gasteiger partial charge in [0.05, 0.1) is 17.1 Å². The van der Waals surface area contributed by atoms with Gasteiger partial charge in [-0.2, -0.15) is 0 Å². The number of carbonyl (C=O) groups excluding carboxylic acids is 1. The Kier molecular flexibility index (Phi) is 4.61. The van der Waals surface area contributed by atoms with E-state index in [2.05, 4.69) is 9.47 Å². The molecule has 0 fully saturated rings. The van der Waals surface area contributed by atoms with E-state index in [1.807, 2.05) is 0 Å². The van der Waals surface area contributed by atoms with Crippen LogP contribution in [-0.2, 0) is 16.0 Å². The normalized spacial score (nSPS) is 11.1. The maximum Gasteiger partial charge on any atom is 0.573 e. The molecule has 94 valence electrons. The van der Waals surface area contributed by atoms with Crippen LogP contribution in [0.15, 0.2) is 18.2 Å². The van der Waals surface area contributed by atoms with Crippen molar-refractivity contribution in [2.45, 2.75) is 12.8 Å². The number of benzene rings is 1. The second kappa shape index (κ2) is 5.56. The summed E-state index contributed by atoms with van der Waals surface area (Å²) >= 11 is 1.71. The fraction of sp³-hybridized carbons (Fsp3) is 0.300. The molecule has 0 spiro atoms. The lowest BCUT2D eigenvalue weighted by Gasteiger charge is -2.14. The Morgan fingerprint density at radius 3 is 2.59 bits per heavy atom. The summed E-state index contributed by atoms with van der Waals surface area (Å²) < 4.78 is 45.1. The fourth-order valence-corrected chi connectivity index (χ4v) is 1.81. The second-order valence-electron chi connectivity index (χ2n) is 3.03. The van der Waals surface area contributed by atoms with Gasteiger partial charge in [-0.05, 0) is 28.7 Å². The molecule has 0 radical (unpaired) electrons. The molecular formula is C10H8F3IO3. The summed E-state index contributed by atoms with van der Waals surface area (Å²) in [5.74, 6) is -0.981. The molecule has 0 aromatic heterocycles. The highest BCUT2D eigenvalue weighted by atomic mass is 127. The molecule has 0 N–H and O–H groups in total. The molecule has 0 aliphatic rings. The smallest absolute Gasteiger partial charge is 0.469 e. The average Bonchev–Trinajstić information content (AvgIpc) is 2.21. The molecule has 0 aliphatic carbocycles. The van der Waals surface area contributed by atoms with E-state index in [0.29, 0.717) is 0 Å². The van der Waals surface area contributed by atoms with Crippen molar-refractivity contribution in [1.82, 2.24) is 0 Å². The zero-order valence-electron chi connectivity index (χ0n) is 8.68. The average molecular weight is 360 g/mol. The highest BCUT2D eigenvalue weighted by Gasteiger charge is 2.33. The standard InChI is InChI=1S/C10H8F3IO3/c1-16-8(15)5-6-3-2-4-7(14)9(6)17-10(11,12)13/h2-4H,5H2,1H3. The van der Waals surface area contributed by atoms with Crippen LogP contribution in [-0.4, -0.2) is 19.4 Å². The van der Waals surface area contributed by atoms with Crippen LogP contribution >= 0.6 is 22.6 Å². The minimum Gasteiger partial charge on any atom is -0.469 e. The first-order chi connectivity index (χ1) is 7.83. The molecule has 0 bridgehead atoms. The highest BCUT2D eigenvalue weighted by Crippen LogP contribution is 2.31. The first-order valence-electron chi connectivity index (χ1n) is 4.43. The van der Waals surface area contributed by atoms with Gasteiger partial charge in [0.25, 0.3) is 0 Å². The van der Waals surface area contributed by atoms with E-state index in [1.54, 1.807) is 28.7 Å². The van der Waals surface area contributed by atoms with Crippen LogP contribution in [0.1, 0.15) is 5.56 Å². The van der Waals surface area contributed by atoms with Gasteiger partial charge in [0.15, 0.2) is 0 Å². The summed E-state index contributed by atoms with van der Waals surface area (Å²) in [7, 11) is 1.17. The third kappa shape index (κ3) is 4.41. The minimum absolute atomic E-state index is 0.140. The Hall–Kier alpha value is -0.990. The molecule has 7 heteroatoms. The van der Waals surface area contributed by atoms with Crippen LogP contribution < -0.4 is 4.74 Å². The molecule has 0 heterocycles. The molecule has 0 aliphatic heterocycles. The number of para-hydroxylation sites is 1. The molecule has 17 heavy (non-hydrogen) atoms. The summed E-state index contributed by atoms with van der Waals surface area (Å²) in [6, 6.07) is 4.39. The summed E-state index contributed by atoms with van der Waals surface area (Å²) in [5, 5.41) is 0. The van der Waals surface area contributed by atoms with Crippen LogP contribution in [0.5, 0.6) is 5.75 Å². The lowest BCUT2D eigenvalue weighted by Crippen LogP contribution is -2.19. The summed E-state index contributed by atoms with van der Waals surface area (Å²) in [4.78, 5) is 11.0. The molecule has 0 saturated heterocycles. The highest BCUT2D eigenvalue weighted by molar-refractivity contribution is 14.1. The van der Waals surface area contributed by atoms with Gasteiger partial charge in [-0.3, -0.25) is 4.79 Å². The van der Waals surface area contributed by atoms with Crippen molar-refractivity contribution < 1.29 is 27.4 Å². The number of hydrogen-bond donors (Lipinski definition) is 0. The monoisotopic (exact) mass is 360 g/mol. The van der Waals surface area contributed by atoms with Crippen molar-refractivity contribution in [3.8, 4) is 5.75 Å². The Morgan fingerprint density at radius 2 is 2.06 bits per heavy atom. The zero-order chi connectivity index (χ0) is 13.1. The largest absolute Gasteiger partial charge is 0.573 e. The molecule has 1 aromatic carbocycles.